The van der Waals surface area contributed by atoms with Crippen LogP contribution in [0.5, 0.6) is 0 Å². The Morgan fingerprint density at radius 3 is 2.61 bits per heavy atom. The summed E-state index contributed by atoms with van der Waals surface area (Å²) in [7, 11) is 1.84. The van der Waals surface area contributed by atoms with Crippen LogP contribution in [0.2, 0.25) is 0 Å². The average Bonchev–Trinajstić information content (AvgIpc) is 2.28. The number of hydrogen-bond acceptors (Lipinski definition) is 4. The van der Waals surface area contributed by atoms with Gasteiger partial charge in [0.1, 0.15) is 5.69 Å². The number of hydrogen-bond donors (Lipinski definition) is 1. The molecule has 0 radical (unpaired) electrons. The number of nitro groups is 1. The Bertz CT molecular complexity index is 449. The minimum atomic E-state index is -0.369. The van der Waals surface area contributed by atoms with Crippen LogP contribution in [0.15, 0.2) is 22.7 Å². The third-order valence-corrected chi connectivity index (χ3v) is 3.26. The van der Waals surface area contributed by atoms with Gasteiger partial charge in [0, 0.05) is 24.1 Å². The van der Waals surface area contributed by atoms with Gasteiger partial charge in [-0.3, -0.25) is 10.1 Å². The normalized spacial score (nSPS) is 11.4. The Morgan fingerprint density at radius 2 is 2.11 bits per heavy atom. The van der Waals surface area contributed by atoms with Crippen molar-refractivity contribution in [3.8, 4) is 0 Å². The molecule has 0 bridgehead atoms. The maximum absolute atomic E-state index is 11.0. The zero-order valence-corrected chi connectivity index (χ0v) is 12.4. The van der Waals surface area contributed by atoms with E-state index in [1.807, 2.05) is 25.8 Å². The predicted molar refractivity (Wildman–Crippen MR) is 76.9 cm³/mol. The SMILES string of the molecule is CN(CC(C)(C)CN)c1ccc(Br)cc1[N+](=O)[O-]. The first kappa shape index (κ1) is 14.9. The molecule has 0 aliphatic heterocycles. The van der Waals surface area contributed by atoms with Crippen molar-refractivity contribution in [2.45, 2.75) is 13.8 Å². The maximum atomic E-state index is 11.0. The molecule has 0 saturated carbocycles. The molecule has 0 aliphatic carbocycles. The first-order valence-electron chi connectivity index (χ1n) is 5.62. The van der Waals surface area contributed by atoms with Crippen molar-refractivity contribution in [1.29, 1.82) is 0 Å². The van der Waals surface area contributed by atoms with E-state index in [-0.39, 0.29) is 16.0 Å². The van der Waals surface area contributed by atoms with E-state index in [1.54, 1.807) is 12.1 Å². The Balaban J connectivity index is 3.05. The summed E-state index contributed by atoms with van der Waals surface area (Å²) in [6, 6.07) is 5.06. The van der Waals surface area contributed by atoms with Gasteiger partial charge in [0.25, 0.3) is 5.69 Å². The van der Waals surface area contributed by atoms with Crippen molar-refractivity contribution in [3.05, 3.63) is 32.8 Å². The van der Waals surface area contributed by atoms with E-state index in [1.165, 1.54) is 6.07 Å². The number of nitrogens with two attached hydrogens (primary N) is 1. The van der Waals surface area contributed by atoms with Gasteiger partial charge in [0.15, 0.2) is 0 Å². The van der Waals surface area contributed by atoms with Gasteiger partial charge in [-0.2, -0.15) is 0 Å². The molecule has 0 unspecified atom stereocenters. The fourth-order valence-corrected chi connectivity index (χ4v) is 2.11. The smallest absolute Gasteiger partial charge is 0.293 e. The minimum absolute atomic E-state index is 0.0876. The lowest BCUT2D eigenvalue weighted by Crippen LogP contribution is -2.37. The van der Waals surface area contributed by atoms with Gasteiger partial charge >= 0.3 is 0 Å². The summed E-state index contributed by atoms with van der Waals surface area (Å²) in [5.41, 5.74) is 6.30. The summed E-state index contributed by atoms with van der Waals surface area (Å²) in [4.78, 5) is 12.6. The molecule has 0 heterocycles. The van der Waals surface area contributed by atoms with Crippen molar-refractivity contribution in [2.75, 3.05) is 25.0 Å². The lowest BCUT2D eigenvalue weighted by molar-refractivity contribution is -0.384. The van der Waals surface area contributed by atoms with Crippen LogP contribution in [0, 0.1) is 15.5 Å². The summed E-state index contributed by atoms with van der Waals surface area (Å²) in [5, 5.41) is 11.0. The van der Waals surface area contributed by atoms with Crippen LogP contribution in [0.1, 0.15) is 13.8 Å². The standard InChI is InChI=1S/C12H18BrN3O2/c1-12(2,7-14)8-15(3)10-5-4-9(13)6-11(10)16(17)18/h4-6H,7-8,14H2,1-3H3. The first-order chi connectivity index (χ1) is 8.26. The largest absolute Gasteiger partial charge is 0.368 e. The molecule has 18 heavy (non-hydrogen) atoms. The monoisotopic (exact) mass is 315 g/mol. The number of rotatable bonds is 5. The van der Waals surface area contributed by atoms with Crippen LogP contribution in [0.25, 0.3) is 0 Å². The molecule has 0 amide bonds. The third kappa shape index (κ3) is 3.68. The van der Waals surface area contributed by atoms with Crippen LogP contribution < -0.4 is 10.6 Å². The Hall–Kier alpha value is -1.14. The van der Waals surface area contributed by atoms with Crippen molar-refractivity contribution < 1.29 is 4.92 Å². The quantitative estimate of drug-likeness (QED) is 0.670. The van der Waals surface area contributed by atoms with Gasteiger partial charge in [-0.25, -0.2) is 0 Å². The molecule has 0 aromatic heterocycles. The number of anilines is 1. The minimum Gasteiger partial charge on any atom is -0.368 e. The summed E-state index contributed by atoms with van der Waals surface area (Å²) < 4.78 is 0.699. The van der Waals surface area contributed by atoms with Crippen LogP contribution in [0.4, 0.5) is 11.4 Å². The molecule has 0 spiro atoms. The molecule has 5 nitrogen and oxygen atoms in total. The lowest BCUT2D eigenvalue weighted by Gasteiger charge is -2.30. The molecule has 0 fully saturated rings. The van der Waals surface area contributed by atoms with Gasteiger partial charge in [0.2, 0.25) is 0 Å². The predicted octanol–water partition coefficient (Wildman–Crippen LogP) is 2.78. The second kappa shape index (κ2) is 5.67. The van der Waals surface area contributed by atoms with Crippen LogP contribution in [-0.2, 0) is 0 Å². The topological polar surface area (TPSA) is 72.4 Å². The average molecular weight is 316 g/mol. The summed E-state index contributed by atoms with van der Waals surface area (Å²) in [6.45, 7) is 5.26. The third-order valence-electron chi connectivity index (χ3n) is 2.76. The summed E-state index contributed by atoms with van der Waals surface area (Å²) in [6.07, 6.45) is 0. The summed E-state index contributed by atoms with van der Waals surface area (Å²) in [5.74, 6) is 0. The Kier molecular flexibility index (Phi) is 4.70. The lowest BCUT2D eigenvalue weighted by atomic mass is 9.93. The Morgan fingerprint density at radius 1 is 1.50 bits per heavy atom. The zero-order chi connectivity index (χ0) is 13.9. The Labute approximate surface area is 115 Å². The molecular weight excluding hydrogens is 298 g/mol. The van der Waals surface area contributed by atoms with E-state index in [2.05, 4.69) is 15.9 Å². The molecule has 100 valence electrons. The molecule has 1 aromatic rings. The second-order valence-corrected chi connectivity index (χ2v) is 6.03. The van der Waals surface area contributed by atoms with E-state index in [0.29, 0.717) is 23.2 Å². The van der Waals surface area contributed by atoms with Crippen molar-refractivity contribution >= 4 is 27.3 Å². The number of benzene rings is 1. The molecule has 1 rings (SSSR count). The van der Waals surface area contributed by atoms with Crippen molar-refractivity contribution in [3.63, 3.8) is 0 Å². The molecule has 0 saturated heterocycles. The van der Waals surface area contributed by atoms with E-state index in [9.17, 15) is 10.1 Å². The fourth-order valence-electron chi connectivity index (χ4n) is 1.76. The van der Waals surface area contributed by atoms with Crippen LogP contribution >= 0.6 is 15.9 Å². The van der Waals surface area contributed by atoms with Gasteiger partial charge in [-0.05, 0) is 24.1 Å². The highest BCUT2D eigenvalue weighted by Gasteiger charge is 2.23. The molecule has 2 N–H and O–H groups in total. The van der Waals surface area contributed by atoms with Gasteiger partial charge in [0.05, 0.1) is 4.92 Å². The van der Waals surface area contributed by atoms with Gasteiger partial charge in [-0.15, -0.1) is 0 Å². The summed E-state index contributed by atoms with van der Waals surface area (Å²) >= 11 is 3.25. The first-order valence-corrected chi connectivity index (χ1v) is 6.41. The highest BCUT2D eigenvalue weighted by atomic mass is 79.9. The highest BCUT2D eigenvalue weighted by molar-refractivity contribution is 9.10. The molecular formula is C12H18BrN3O2. The van der Waals surface area contributed by atoms with Gasteiger partial charge in [-0.1, -0.05) is 29.8 Å². The van der Waals surface area contributed by atoms with Crippen molar-refractivity contribution in [2.24, 2.45) is 11.1 Å². The van der Waals surface area contributed by atoms with Crippen molar-refractivity contribution in [1.82, 2.24) is 0 Å². The van der Waals surface area contributed by atoms with E-state index in [0.717, 1.165) is 0 Å². The van der Waals surface area contributed by atoms with Crippen LogP contribution in [0.3, 0.4) is 0 Å². The zero-order valence-electron chi connectivity index (χ0n) is 10.8. The maximum Gasteiger partial charge on any atom is 0.293 e. The van der Waals surface area contributed by atoms with Crippen LogP contribution in [-0.4, -0.2) is 25.1 Å². The second-order valence-electron chi connectivity index (χ2n) is 5.11. The fraction of sp³-hybridized carbons (Fsp3) is 0.500. The molecule has 0 atom stereocenters. The number of nitrogens with zero attached hydrogens (tertiary/aromatic N) is 2. The van der Waals surface area contributed by atoms with E-state index in [4.69, 9.17) is 5.73 Å². The van der Waals surface area contributed by atoms with E-state index >= 15 is 0 Å². The highest BCUT2D eigenvalue weighted by Crippen LogP contribution is 2.31. The van der Waals surface area contributed by atoms with E-state index < -0.39 is 0 Å². The molecule has 0 aliphatic rings. The molecule has 6 heteroatoms. The number of halogens is 1. The number of nitro benzene ring substituents is 1. The van der Waals surface area contributed by atoms with Gasteiger partial charge < -0.3 is 10.6 Å². The molecule has 1 aromatic carbocycles.